The molecule has 1 N–H and O–H groups in total. The quantitative estimate of drug-likeness (QED) is 0.698. The second kappa shape index (κ2) is 8.59. The number of ether oxygens (including phenoxy) is 2. The van der Waals surface area contributed by atoms with Gasteiger partial charge in [-0.1, -0.05) is 30.3 Å². The Bertz CT molecular complexity index is 1110. The van der Waals surface area contributed by atoms with E-state index in [4.69, 9.17) is 14.7 Å². The molecule has 0 aromatic heterocycles. The van der Waals surface area contributed by atoms with Gasteiger partial charge in [0.1, 0.15) is 18.0 Å². The van der Waals surface area contributed by atoms with Gasteiger partial charge in [0.25, 0.3) is 5.91 Å². The van der Waals surface area contributed by atoms with Crippen molar-refractivity contribution in [3.8, 4) is 17.6 Å². The highest BCUT2D eigenvalue weighted by Gasteiger charge is 2.55. The van der Waals surface area contributed by atoms with E-state index in [0.717, 1.165) is 4.90 Å². The fourth-order valence-corrected chi connectivity index (χ4v) is 4.13. The number of nitrogens with one attached hydrogen (secondary N) is 1. The van der Waals surface area contributed by atoms with Crippen LogP contribution in [0.3, 0.4) is 0 Å². The SMILES string of the molecule is COc1ccccc1N(CCC#N)C(=O)CN1C(=O)NC2(CCOc3ccccc32)C1=O. The van der Waals surface area contributed by atoms with Gasteiger partial charge in [-0.2, -0.15) is 5.26 Å². The molecular weight excluding hydrogens is 412 g/mol. The molecule has 0 saturated carbocycles. The summed E-state index contributed by atoms with van der Waals surface area (Å²) in [5.74, 6) is -0.00596. The molecule has 2 aromatic carbocycles. The summed E-state index contributed by atoms with van der Waals surface area (Å²) in [6.45, 7) is -0.0968. The highest BCUT2D eigenvalue weighted by atomic mass is 16.5. The van der Waals surface area contributed by atoms with Crippen molar-refractivity contribution in [1.29, 1.82) is 5.26 Å². The van der Waals surface area contributed by atoms with Gasteiger partial charge in [0, 0.05) is 18.5 Å². The van der Waals surface area contributed by atoms with Crippen molar-refractivity contribution in [3.05, 3.63) is 54.1 Å². The summed E-state index contributed by atoms with van der Waals surface area (Å²) in [5, 5.41) is 11.8. The minimum absolute atomic E-state index is 0.0819. The molecular formula is C23H22N4O5. The molecule has 1 fully saturated rings. The van der Waals surface area contributed by atoms with Crippen LogP contribution in [0.1, 0.15) is 18.4 Å². The van der Waals surface area contributed by atoms with Crippen LogP contribution in [-0.2, 0) is 15.1 Å². The van der Waals surface area contributed by atoms with Crippen molar-refractivity contribution in [1.82, 2.24) is 10.2 Å². The first-order chi connectivity index (χ1) is 15.5. The predicted molar refractivity (Wildman–Crippen MR) is 114 cm³/mol. The zero-order valence-corrected chi connectivity index (χ0v) is 17.5. The molecule has 1 atom stereocenters. The first-order valence-corrected chi connectivity index (χ1v) is 10.2. The van der Waals surface area contributed by atoms with Crippen molar-refractivity contribution in [2.24, 2.45) is 0 Å². The molecule has 4 amide bonds. The summed E-state index contributed by atoms with van der Waals surface area (Å²) in [6.07, 6.45) is 0.350. The number of benzene rings is 2. The summed E-state index contributed by atoms with van der Waals surface area (Å²) >= 11 is 0. The van der Waals surface area contributed by atoms with Crippen LogP contribution < -0.4 is 19.7 Å². The van der Waals surface area contributed by atoms with Gasteiger partial charge in [0.15, 0.2) is 5.54 Å². The van der Waals surface area contributed by atoms with Crippen molar-refractivity contribution in [3.63, 3.8) is 0 Å². The zero-order chi connectivity index (χ0) is 22.7. The number of hydrogen-bond acceptors (Lipinski definition) is 6. The van der Waals surface area contributed by atoms with E-state index in [0.29, 0.717) is 22.7 Å². The number of carbonyl (C=O) groups is 3. The van der Waals surface area contributed by atoms with Crippen molar-refractivity contribution in [2.45, 2.75) is 18.4 Å². The fourth-order valence-electron chi connectivity index (χ4n) is 4.13. The van der Waals surface area contributed by atoms with Crippen molar-refractivity contribution >= 4 is 23.5 Å². The van der Waals surface area contributed by atoms with E-state index in [1.54, 1.807) is 48.5 Å². The highest BCUT2D eigenvalue weighted by Crippen LogP contribution is 2.41. The lowest BCUT2D eigenvalue weighted by Gasteiger charge is -2.33. The van der Waals surface area contributed by atoms with E-state index >= 15 is 0 Å². The number of nitrogens with zero attached hydrogens (tertiary/aromatic N) is 3. The molecule has 1 unspecified atom stereocenters. The molecule has 1 spiro atoms. The lowest BCUT2D eigenvalue weighted by molar-refractivity contribution is -0.135. The molecule has 2 aromatic rings. The highest BCUT2D eigenvalue weighted by molar-refractivity contribution is 6.11. The summed E-state index contributed by atoms with van der Waals surface area (Å²) < 4.78 is 11.0. The van der Waals surface area contributed by atoms with Crippen LogP contribution in [-0.4, -0.2) is 49.6 Å². The maximum Gasteiger partial charge on any atom is 0.325 e. The summed E-state index contributed by atoms with van der Waals surface area (Å²) in [6, 6.07) is 15.3. The van der Waals surface area contributed by atoms with Crippen molar-refractivity contribution < 1.29 is 23.9 Å². The van der Waals surface area contributed by atoms with Crippen LogP contribution in [0.15, 0.2) is 48.5 Å². The summed E-state index contributed by atoms with van der Waals surface area (Å²) in [7, 11) is 1.48. The van der Waals surface area contributed by atoms with Crippen LogP contribution in [0.25, 0.3) is 0 Å². The molecule has 9 nitrogen and oxygen atoms in total. The number of anilines is 1. The molecule has 1 saturated heterocycles. The average Bonchev–Trinajstić information content (AvgIpc) is 3.04. The normalized spacial score (nSPS) is 19.1. The molecule has 2 aliphatic rings. The Morgan fingerprint density at radius 1 is 1.25 bits per heavy atom. The van der Waals surface area contributed by atoms with Gasteiger partial charge in [-0.15, -0.1) is 0 Å². The van der Waals surface area contributed by atoms with Crippen molar-refractivity contribution in [2.75, 3.05) is 31.7 Å². The smallest absolute Gasteiger partial charge is 0.325 e. The molecule has 4 rings (SSSR count). The third-order valence-corrected chi connectivity index (χ3v) is 5.67. The Labute approximate surface area is 185 Å². The van der Waals surface area contributed by atoms with E-state index in [1.807, 2.05) is 6.07 Å². The van der Waals surface area contributed by atoms with Crippen LogP contribution in [0.2, 0.25) is 0 Å². The second-order valence-electron chi connectivity index (χ2n) is 7.45. The van der Waals surface area contributed by atoms with Gasteiger partial charge >= 0.3 is 6.03 Å². The molecule has 164 valence electrons. The number of urea groups is 1. The molecule has 2 heterocycles. The van der Waals surface area contributed by atoms with Gasteiger partial charge in [-0.3, -0.25) is 14.5 Å². The van der Waals surface area contributed by atoms with E-state index < -0.39 is 29.9 Å². The Morgan fingerprint density at radius 3 is 2.78 bits per heavy atom. The van der Waals surface area contributed by atoms with E-state index in [-0.39, 0.29) is 26.0 Å². The minimum atomic E-state index is -1.26. The Morgan fingerprint density at radius 2 is 2.00 bits per heavy atom. The van der Waals surface area contributed by atoms with Gasteiger partial charge in [-0.25, -0.2) is 4.79 Å². The number of hydrogen-bond donors (Lipinski definition) is 1. The Kier molecular flexibility index (Phi) is 5.69. The fraction of sp³-hybridized carbons (Fsp3) is 0.304. The average molecular weight is 434 g/mol. The standard InChI is InChI=1S/C23H22N4O5/c1-31-19-10-5-3-8-17(19)26(13-6-12-24)20(28)15-27-21(29)23(25-22(27)30)11-14-32-18-9-4-2-7-16(18)23/h2-5,7-10H,6,11,13-15H2,1H3,(H,25,30). The van der Waals surface area contributed by atoms with E-state index in [9.17, 15) is 14.4 Å². The van der Waals surface area contributed by atoms with Gasteiger partial charge < -0.3 is 19.7 Å². The number of fused-ring (bicyclic) bond motifs is 2. The maximum absolute atomic E-state index is 13.4. The number of methoxy groups -OCH3 is 1. The molecule has 32 heavy (non-hydrogen) atoms. The number of rotatable bonds is 6. The molecule has 0 aliphatic carbocycles. The number of carbonyl (C=O) groups excluding carboxylic acids is 3. The number of nitriles is 1. The number of imide groups is 1. The Balaban J connectivity index is 1.62. The lowest BCUT2D eigenvalue weighted by atomic mass is 9.84. The van der Waals surface area contributed by atoms with Crippen LogP contribution in [0.5, 0.6) is 11.5 Å². The second-order valence-corrected chi connectivity index (χ2v) is 7.45. The molecule has 2 aliphatic heterocycles. The van der Waals surface area contributed by atoms with Gasteiger partial charge in [-0.05, 0) is 18.2 Å². The maximum atomic E-state index is 13.4. The van der Waals surface area contributed by atoms with Crippen LogP contribution in [0.4, 0.5) is 10.5 Å². The van der Waals surface area contributed by atoms with Gasteiger partial charge in [0.05, 0.1) is 31.9 Å². The summed E-state index contributed by atoms with van der Waals surface area (Å²) in [5.41, 5.74) is -0.215. The third kappa shape index (κ3) is 3.50. The van der Waals surface area contributed by atoms with Crippen LogP contribution >= 0.6 is 0 Å². The van der Waals surface area contributed by atoms with E-state index in [2.05, 4.69) is 5.32 Å². The topological polar surface area (TPSA) is 112 Å². The Hall–Kier alpha value is -4.06. The van der Waals surface area contributed by atoms with Gasteiger partial charge in [0.2, 0.25) is 5.91 Å². The molecule has 9 heteroatoms. The molecule has 0 bridgehead atoms. The number of amides is 4. The largest absolute Gasteiger partial charge is 0.495 e. The number of para-hydroxylation sites is 3. The minimum Gasteiger partial charge on any atom is -0.495 e. The third-order valence-electron chi connectivity index (χ3n) is 5.67. The first-order valence-electron chi connectivity index (χ1n) is 10.2. The van der Waals surface area contributed by atoms with E-state index in [1.165, 1.54) is 12.0 Å². The monoisotopic (exact) mass is 434 g/mol. The van der Waals surface area contributed by atoms with Crippen LogP contribution in [0, 0.1) is 11.3 Å². The zero-order valence-electron chi connectivity index (χ0n) is 17.5. The molecule has 0 radical (unpaired) electrons. The predicted octanol–water partition coefficient (Wildman–Crippen LogP) is 2.17. The lowest BCUT2D eigenvalue weighted by Crippen LogP contribution is -2.48. The first kappa shape index (κ1) is 21.2. The summed E-state index contributed by atoms with van der Waals surface area (Å²) in [4.78, 5) is 41.8.